The lowest BCUT2D eigenvalue weighted by molar-refractivity contribution is 0.374. The van der Waals surface area contributed by atoms with Crippen LogP contribution in [0.2, 0.25) is 0 Å². The van der Waals surface area contributed by atoms with Crippen molar-refractivity contribution >= 4 is 0 Å². The Balaban J connectivity index is 1.72. The smallest absolute Gasteiger partial charge is 0.227 e. The van der Waals surface area contributed by atoms with E-state index in [9.17, 15) is 0 Å². The van der Waals surface area contributed by atoms with Crippen LogP contribution in [0.1, 0.15) is 25.1 Å². The number of aryl methyl sites for hydroxylation is 1. The van der Waals surface area contributed by atoms with E-state index < -0.39 is 0 Å². The van der Waals surface area contributed by atoms with E-state index in [0.717, 1.165) is 31.8 Å². The van der Waals surface area contributed by atoms with Crippen molar-refractivity contribution in [3.63, 3.8) is 0 Å². The number of hydrogen-bond donors (Lipinski definition) is 1. The first-order valence-electron chi connectivity index (χ1n) is 5.73. The molecular weight excluding hydrogens is 220 g/mol. The predicted molar refractivity (Wildman–Crippen MR) is 60.0 cm³/mol. The molecule has 0 aliphatic rings. The molecular formula is C10H16N6O. The van der Waals surface area contributed by atoms with Gasteiger partial charge in [0.2, 0.25) is 5.89 Å². The van der Waals surface area contributed by atoms with Gasteiger partial charge in [-0.25, -0.2) is 9.67 Å². The van der Waals surface area contributed by atoms with Gasteiger partial charge < -0.3 is 9.84 Å². The van der Waals surface area contributed by atoms with E-state index in [2.05, 4.69) is 32.5 Å². The maximum absolute atomic E-state index is 4.90. The topological polar surface area (TPSA) is 81.7 Å². The first-order valence-corrected chi connectivity index (χ1v) is 5.73. The Morgan fingerprint density at radius 2 is 2.29 bits per heavy atom. The first-order chi connectivity index (χ1) is 8.40. The molecule has 7 heteroatoms. The Morgan fingerprint density at radius 3 is 3.06 bits per heavy atom. The number of rotatable bonds is 7. The van der Waals surface area contributed by atoms with Crippen molar-refractivity contribution in [3.8, 4) is 0 Å². The molecule has 0 aromatic carbocycles. The lowest BCUT2D eigenvalue weighted by Crippen LogP contribution is -2.20. The summed E-state index contributed by atoms with van der Waals surface area (Å²) in [4.78, 5) is 8.15. The maximum atomic E-state index is 4.90. The Hall–Kier alpha value is -1.76. The van der Waals surface area contributed by atoms with Crippen LogP contribution in [0.5, 0.6) is 0 Å². The van der Waals surface area contributed by atoms with Crippen LogP contribution < -0.4 is 5.32 Å². The van der Waals surface area contributed by atoms with Crippen molar-refractivity contribution in [1.82, 2.24) is 30.2 Å². The third kappa shape index (κ3) is 3.35. The molecule has 0 radical (unpaired) electrons. The van der Waals surface area contributed by atoms with Crippen molar-refractivity contribution in [2.24, 2.45) is 0 Å². The van der Waals surface area contributed by atoms with Crippen LogP contribution in [0.4, 0.5) is 0 Å². The van der Waals surface area contributed by atoms with Gasteiger partial charge in [0.25, 0.3) is 0 Å². The van der Waals surface area contributed by atoms with Crippen LogP contribution in [0.3, 0.4) is 0 Å². The van der Waals surface area contributed by atoms with Crippen LogP contribution >= 0.6 is 0 Å². The normalized spacial score (nSPS) is 10.9. The fourth-order valence-electron chi connectivity index (χ4n) is 1.53. The first kappa shape index (κ1) is 11.7. The fourth-order valence-corrected chi connectivity index (χ4v) is 1.53. The third-order valence-electron chi connectivity index (χ3n) is 2.34. The van der Waals surface area contributed by atoms with Crippen molar-refractivity contribution < 1.29 is 4.52 Å². The Labute approximate surface area is 99.2 Å². The van der Waals surface area contributed by atoms with Crippen LogP contribution in [-0.2, 0) is 19.5 Å². The van der Waals surface area contributed by atoms with E-state index in [1.54, 1.807) is 6.33 Å². The van der Waals surface area contributed by atoms with Gasteiger partial charge in [-0.05, 0) is 6.42 Å². The van der Waals surface area contributed by atoms with Crippen molar-refractivity contribution in [2.45, 2.75) is 32.9 Å². The van der Waals surface area contributed by atoms with Gasteiger partial charge in [0.15, 0.2) is 6.33 Å². The second-order valence-corrected chi connectivity index (χ2v) is 3.66. The number of hydrogen-bond acceptors (Lipinski definition) is 6. The highest BCUT2D eigenvalue weighted by atomic mass is 16.5. The summed E-state index contributed by atoms with van der Waals surface area (Å²) in [6.07, 6.45) is 4.78. The van der Waals surface area contributed by atoms with Crippen molar-refractivity contribution in [3.05, 3.63) is 24.4 Å². The highest BCUT2D eigenvalue weighted by molar-refractivity contribution is 4.84. The Bertz CT molecular complexity index is 424. The molecule has 7 nitrogen and oxygen atoms in total. The number of nitrogens with zero attached hydrogens (tertiary/aromatic N) is 5. The zero-order chi connectivity index (χ0) is 11.9. The zero-order valence-corrected chi connectivity index (χ0v) is 9.83. The quantitative estimate of drug-likeness (QED) is 0.701. The molecule has 0 spiro atoms. The second-order valence-electron chi connectivity index (χ2n) is 3.66. The van der Waals surface area contributed by atoms with E-state index in [1.165, 1.54) is 6.33 Å². The minimum absolute atomic E-state index is 0.646. The molecule has 0 unspecified atom stereocenters. The lowest BCUT2D eigenvalue weighted by atomic mass is 10.4. The number of nitrogens with one attached hydrogen (secondary N) is 1. The molecule has 2 aromatic rings. The summed E-state index contributed by atoms with van der Waals surface area (Å²) < 4.78 is 6.82. The minimum atomic E-state index is 0.646. The van der Waals surface area contributed by atoms with Gasteiger partial charge in [0, 0.05) is 19.5 Å². The third-order valence-corrected chi connectivity index (χ3v) is 2.34. The molecule has 0 aliphatic carbocycles. The Morgan fingerprint density at radius 1 is 1.35 bits per heavy atom. The molecule has 0 amide bonds. The SMILES string of the molecule is CCCn1ncnc1CNCCc1ncno1. The molecule has 0 saturated carbocycles. The summed E-state index contributed by atoms with van der Waals surface area (Å²) in [6.45, 7) is 4.50. The molecule has 0 bridgehead atoms. The largest absolute Gasteiger partial charge is 0.340 e. The molecule has 0 saturated heterocycles. The summed E-state index contributed by atoms with van der Waals surface area (Å²) in [5, 5.41) is 11.0. The summed E-state index contributed by atoms with van der Waals surface area (Å²) in [5.41, 5.74) is 0. The molecule has 2 aromatic heterocycles. The van der Waals surface area contributed by atoms with Gasteiger partial charge in [-0.3, -0.25) is 0 Å². The van der Waals surface area contributed by atoms with Gasteiger partial charge in [0.1, 0.15) is 12.2 Å². The van der Waals surface area contributed by atoms with Crippen molar-refractivity contribution in [2.75, 3.05) is 6.54 Å². The van der Waals surface area contributed by atoms with Gasteiger partial charge in [-0.2, -0.15) is 10.1 Å². The van der Waals surface area contributed by atoms with Gasteiger partial charge >= 0.3 is 0 Å². The molecule has 2 heterocycles. The average Bonchev–Trinajstić information content (AvgIpc) is 2.96. The highest BCUT2D eigenvalue weighted by Gasteiger charge is 2.03. The summed E-state index contributed by atoms with van der Waals surface area (Å²) in [5.74, 6) is 1.60. The average molecular weight is 236 g/mol. The summed E-state index contributed by atoms with van der Waals surface area (Å²) >= 11 is 0. The van der Waals surface area contributed by atoms with Crippen LogP contribution in [-0.4, -0.2) is 31.4 Å². The second kappa shape index (κ2) is 6.09. The van der Waals surface area contributed by atoms with Crippen LogP contribution in [0, 0.1) is 0 Å². The maximum Gasteiger partial charge on any atom is 0.227 e. The van der Waals surface area contributed by atoms with E-state index >= 15 is 0 Å². The van der Waals surface area contributed by atoms with Gasteiger partial charge in [-0.1, -0.05) is 12.1 Å². The van der Waals surface area contributed by atoms with Crippen LogP contribution in [0.15, 0.2) is 17.2 Å². The zero-order valence-electron chi connectivity index (χ0n) is 9.83. The highest BCUT2D eigenvalue weighted by Crippen LogP contribution is 1.96. The Kier molecular flexibility index (Phi) is 4.20. The molecule has 0 atom stereocenters. The standard InChI is InChI=1S/C10H16N6O/c1-2-5-16-9(12-7-14-16)6-11-4-3-10-13-8-15-17-10/h7-8,11H,2-6H2,1H3. The van der Waals surface area contributed by atoms with E-state index in [-0.39, 0.29) is 0 Å². The summed E-state index contributed by atoms with van der Waals surface area (Å²) in [6, 6.07) is 0. The molecule has 0 fully saturated rings. The van der Waals surface area contributed by atoms with E-state index in [0.29, 0.717) is 12.4 Å². The molecule has 2 rings (SSSR count). The van der Waals surface area contributed by atoms with Crippen LogP contribution in [0.25, 0.3) is 0 Å². The van der Waals surface area contributed by atoms with E-state index in [1.807, 2.05) is 4.68 Å². The molecule has 1 N–H and O–H groups in total. The predicted octanol–water partition coefficient (Wildman–Crippen LogP) is 0.403. The monoisotopic (exact) mass is 236 g/mol. The fraction of sp³-hybridized carbons (Fsp3) is 0.600. The molecule has 0 aliphatic heterocycles. The lowest BCUT2D eigenvalue weighted by Gasteiger charge is -2.05. The summed E-state index contributed by atoms with van der Waals surface area (Å²) in [7, 11) is 0. The number of aromatic nitrogens is 5. The molecule has 92 valence electrons. The van der Waals surface area contributed by atoms with E-state index in [4.69, 9.17) is 4.52 Å². The van der Waals surface area contributed by atoms with Gasteiger partial charge in [0.05, 0.1) is 6.54 Å². The molecule has 17 heavy (non-hydrogen) atoms. The minimum Gasteiger partial charge on any atom is -0.340 e. The van der Waals surface area contributed by atoms with Crippen molar-refractivity contribution in [1.29, 1.82) is 0 Å². The van der Waals surface area contributed by atoms with Gasteiger partial charge in [-0.15, -0.1) is 0 Å².